The lowest BCUT2D eigenvalue weighted by atomic mass is 9.69. The van der Waals surface area contributed by atoms with Crippen LogP contribution in [-0.2, 0) is 23.1 Å². The Morgan fingerprint density at radius 2 is 1.83 bits per heavy atom. The second kappa shape index (κ2) is 10.2. The lowest BCUT2D eigenvalue weighted by molar-refractivity contribution is -0.115. The van der Waals surface area contributed by atoms with Crippen LogP contribution in [0.5, 0.6) is 5.75 Å². The fraction of sp³-hybridized carbons (Fsp3) is 0.296. The van der Waals surface area contributed by atoms with E-state index in [0.717, 1.165) is 28.3 Å². The minimum Gasteiger partial charge on any atom is -0.491 e. The number of anilines is 1. The summed E-state index contributed by atoms with van der Waals surface area (Å²) >= 11 is 1.74. The number of hydrogen-bond donors (Lipinski definition) is 1. The van der Waals surface area contributed by atoms with Gasteiger partial charge in [-0.2, -0.15) is 0 Å². The summed E-state index contributed by atoms with van der Waals surface area (Å²) in [6, 6.07) is 13.4. The van der Waals surface area contributed by atoms with Crippen molar-refractivity contribution in [2.45, 2.75) is 43.4 Å². The summed E-state index contributed by atoms with van der Waals surface area (Å²) in [5.74, 6) is -1.29. The summed E-state index contributed by atoms with van der Waals surface area (Å²) in [6.45, 7) is 3.77. The van der Waals surface area contributed by atoms with Gasteiger partial charge in [0.05, 0.1) is 24.6 Å². The van der Waals surface area contributed by atoms with Crippen LogP contribution in [0.4, 0.5) is 14.6 Å². The number of nitrogens with zero attached hydrogens (tertiary/aromatic N) is 1. The van der Waals surface area contributed by atoms with E-state index in [1.807, 2.05) is 24.3 Å². The molecule has 1 heterocycles. The van der Waals surface area contributed by atoms with Gasteiger partial charge in [-0.15, -0.1) is 11.8 Å². The number of Topliss-reactive ketones (excluding diaryl/α,β-unsaturated/α-hetero) is 1. The smallest absolute Gasteiger partial charge is 0.229 e. The van der Waals surface area contributed by atoms with Crippen molar-refractivity contribution in [3.05, 3.63) is 82.5 Å². The number of carbonyl (C=O) groups is 2. The van der Waals surface area contributed by atoms with Crippen LogP contribution in [0, 0.1) is 11.6 Å². The number of aromatic nitrogens is 1. The summed E-state index contributed by atoms with van der Waals surface area (Å²) in [5.41, 5.74) is 0.990. The molecule has 2 aromatic carbocycles. The molecule has 1 N–H and O–H groups in total. The number of rotatable bonds is 7. The molecule has 0 saturated heterocycles. The van der Waals surface area contributed by atoms with Crippen LogP contribution in [0.2, 0.25) is 0 Å². The van der Waals surface area contributed by atoms with E-state index in [1.165, 1.54) is 7.11 Å². The number of ether oxygens (including phenoxy) is 1. The van der Waals surface area contributed by atoms with Gasteiger partial charge in [0.2, 0.25) is 5.91 Å². The van der Waals surface area contributed by atoms with Gasteiger partial charge >= 0.3 is 0 Å². The summed E-state index contributed by atoms with van der Waals surface area (Å²) in [5, 5.41) is 2.80. The Bertz CT molecular complexity index is 1260. The molecule has 1 atom stereocenters. The van der Waals surface area contributed by atoms with Crippen molar-refractivity contribution in [3.8, 4) is 5.75 Å². The number of nitrogens with one attached hydrogen (secondary N) is 1. The Morgan fingerprint density at radius 3 is 2.46 bits per heavy atom. The average Bonchev–Trinajstić information content (AvgIpc) is 2.83. The molecule has 8 heteroatoms. The fourth-order valence-electron chi connectivity index (χ4n) is 4.34. The zero-order chi connectivity index (χ0) is 25.2. The second-order valence-corrected chi connectivity index (χ2v) is 9.96. The van der Waals surface area contributed by atoms with Gasteiger partial charge in [-0.05, 0) is 73.0 Å². The molecule has 5 nitrogen and oxygen atoms in total. The van der Waals surface area contributed by atoms with E-state index in [9.17, 15) is 18.4 Å². The van der Waals surface area contributed by atoms with Gasteiger partial charge in [0.25, 0.3) is 0 Å². The maximum atomic E-state index is 14.3. The van der Waals surface area contributed by atoms with Crippen LogP contribution in [0.15, 0.2) is 53.4 Å². The van der Waals surface area contributed by atoms with Gasteiger partial charge < -0.3 is 10.1 Å². The van der Waals surface area contributed by atoms with E-state index in [-0.39, 0.29) is 23.7 Å². The van der Waals surface area contributed by atoms with E-state index in [1.54, 1.807) is 30.8 Å². The SMILES string of the molecule is CCSc1ccc(CC(=O)Nc2ccc3c(n2)CCC(C)(c2cc(F)c(OC)c(F)c2)C3=O)cc1. The number of ketones is 1. The summed E-state index contributed by atoms with van der Waals surface area (Å²) in [4.78, 5) is 31.5. The number of hydrogen-bond acceptors (Lipinski definition) is 5. The van der Waals surface area contributed by atoms with Gasteiger partial charge in [0.15, 0.2) is 23.2 Å². The Kier molecular flexibility index (Phi) is 7.21. The third-order valence-electron chi connectivity index (χ3n) is 6.29. The predicted molar refractivity (Wildman–Crippen MR) is 132 cm³/mol. The van der Waals surface area contributed by atoms with Gasteiger partial charge in [0, 0.05) is 10.5 Å². The zero-order valence-corrected chi connectivity index (χ0v) is 20.6. The Morgan fingerprint density at radius 1 is 1.14 bits per heavy atom. The molecular formula is C27H26F2N2O3S. The monoisotopic (exact) mass is 496 g/mol. The van der Waals surface area contributed by atoms with Crippen molar-refractivity contribution in [3.63, 3.8) is 0 Å². The number of halogens is 2. The molecule has 3 aromatic rings. The number of pyridine rings is 1. The molecule has 0 bridgehead atoms. The topological polar surface area (TPSA) is 68.3 Å². The quantitative estimate of drug-likeness (QED) is 0.422. The van der Waals surface area contributed by atoms with Gasteiger partial charge in [0.1, 0.15) is 5.82 Å². The molecule has 35 heavy (non-hydrogen) atoms. The van der Waals surface area contributed by atoms with Crippen LogP contribution in [-0.4, -0.2) is 29.5 Å². The van der Waals surface area contributed by atoms with Crippen molar-refractivity contribution in [1.29, 1.82) is 0 Å². The Hall–Kier alpha value is -3.26. The maximum Gasteiger partial charge on any atom is 0.229 e. The zero-order valence-electron chi connectivity index (χ0n) is 19.8. The Balaban J connectivity index is 1.49. The maximum absolute atomic E-state index is 14.3. The predicted octanol–water partition coefficient (Wildman–Crippen LogP) is 5.75. The first-order valence-electron chi connectivity index (χ1n) is 11.3. The highest BCUT2D eigenvalue weighted by molar-refractivity contribution is 7.99. The molecule has 0 aliphatic heterocycles. The highest BCUT2D eigenvalue weighted by Crippen LogP contribution is 2.40. The van der Waals surface area contributed by atoms with E-state index < -0.39 is 22.8 Å². The summed E-state index contributed by atoms with van der Waals surface area (Å²) < 4.78 is 33.4. The minimum atomic E-state index is -1.10. The average molecular weight is 497 g/mol. The van der Waals surface area contributed by atoms with Crippen molar-refractivity contribution < 1.29 is 23.1 Å². The number of thioether (sulfide) groups is 1. The molecule has 1 aliphatic carbocycles. The van der Waals surface area contributed by atoms with Crippen LogP contribution in [0.1, 0.15) is 47.4 Å². The first-order valence-corrected chi connectivity index (χ1v) is 12.3. The molecule has 1 unspecified atom stereocenters. The van der Waals surface area contributed by atoms with E-state index in [4.69, 9.17) is 4.74 Å². The van der Waals surface area contributed by atoms with E-state index >= 15 is 0 Å². The van der Waals surface area contributed by atoms with Gasteiger partial charge in [-0.25, -0.2) is 13.8 Å². The third-order valence-corrected chi connectivity index (χ3v) is 7.18. The minimum absolute atomic E-state index is 0.204. The largest absolute Gasteiger partial charge is 0.491 e. The molecule has 0 radical (unpaired) electrons. The first kappa shape index (κ1) is 24.9. The highest BCUT2D eigenvalue weighted by Gasteiger charge is 2.41. The number of carbonyl (C=O) groups excluding carboxylic acids is 2. The highest BCUT2D eigenvalue weighted by atomic mass is 32.2. The molecule has 0 saturated carbocycles. The van der Waals surface area contributed by atoms with Crippen molar-refractivity contribution in [1.82, 2.24) is 4.98 Å². The normalized spacial score (nSPS) is 17.1. The number of fused-ring (bicyclic) bond motifs is 1. The fourth-order valence-corrected chi connectivity index (χ4v) is 5.00. The third kappa shape index (κ3) is 5.07. The van der Waals surface area contributed by atoms with Gasteiger partial charge in [-0.3, -0.25) is 9.59 Å². The standard InChI is InChI=1S/C27H26F2N2O3S/c1-4-35-18-7-5-16(6-8-18)13-24(32)31-23-10-9-19-22(30-23)11-12-27(2,26(19)33)17-14-20(28)25(34-3)21(29)15-17/h5-10,14-15H,4,11-13H2,1-3H3,(H,30,31,32). The van der Waals surface area contributed by atoms with E-state index in [0.29, 0.717) is 29.9 Å². The molecule has 1 aromatic heterocycles. The van der Waals surface area contributed by atoms with E-state index in [2.05, 4.69) is 17.2 Å². The molecule has 0 spiro atoms. The van der Waals surface area contributed by atoms with Crippen LogP contribution < -0.4 is 10.1 Å². The van der Waals surface area contributed by atoms with Crippen LogP contribution in [0.3, 0.4) is 0 Å². The van der Waals surface area contributed by atoms with Crippen molar-refractivity contribution >= 4 is 29.3 Å². The van der Waals surface area contributed by atoms with Crippen molar-refractivity contribution in [2.75, 3.05) is 18.2 Å². The molecule has 182 valence electrons. The number of aryl methyl sites for hydroxylation is 1. The molecule has 1 aliphatic rings. The number of amides is 1. The molecule has 0 fully saturated rings. The number of benzene rings is 2. The molecule has 1 amide bonds. The summed E-state index contributed by atoms with van der Waals surface area (Å²) in [6.07, 6.45) is 0.963. The number of methoxy groups -OCH3 is 1. The lowest BCUT2D eigenvalue weighted by Crippen LogP contribution is -2.38. The van der Waals surface area contributed by atoms with Crippen LogP contribution in [0.25, 0.3) is 0 Å². The Labute approximate surface area is 207 Å². The van der Waals surface area contributed by atoms with Crippen LogP contribution >= 0.6 is 11.8 Å². The van der Waals surface area contributed by atoms with Gasteiger partial charge in [-0.1, -0.05) is 19.1 Å². The molecule has 4 rings (SSSR count). The second-order valence-electron chi connectivity index (χ2n) is 8.63. The van der Waals surface area contributed by atoms with Crippen molar-refractivity contribution in [2.24, 2.45) is 0 Å². The summed E-state index contributed by atoms with van der Waals surface area (Å²) in [7, 11) is 1.19. The lowest BCUT2D eigenvalue weighted by Gasteiger charge is -2.33. The molecular weight excluding hydrogens is 470 g/mol. The first-order chi connectivity index (χ1) is 16.7.